The molecule has 0 atom stereocenters. The number of rotatable bonds is 6. The Labute approximate surface area is 287 Å². The summed E-state index contributed by atoms with van der Waals surface area (Å²) < 4.78 is 0. The molecular formula is C48H33N. The first-order valence-corrected chi connectivity index (χ1v) is 16.8. The third-order valence-electron chi connectivity index (χ3n) is 9.57. The van der Waals surface area contributed by atoms with E-state index in [-0.39, 0.29) is 0 Å². The molecule has 0 bridgehead atoms. The summed E-state index contributed by atoms with van der Waals surface area (Å²) in [6, 6.07) is 72.7. The van der Waals surface area contributed by atoms with E-state index in [4.69, 9.17) is 0 Å². The molecule has 9 aromatic rings. The van der Waals surface area contributed by atoms with E-state index < -0.39 is 0 Å². The summed E-state index contributed by atoms with van der Waals surface area (Å²) in [6.45, 7) is 0. The Balaban J connectivity index is 1.38. The number of hydrogen-bond donors (Lipinski definition) is 0. The molecule has 0 saturated heterocycles. The van der Waals surface area contributed by atoms with E-state index in [1.807, 2.05) is 0 Å². The second kappa shape index (κ2) is 12.3. The normalized spacial score (nSPS) is 11.3. The molecule has 0 spiro atoms. The van der Waals surface area contributed by atoms with E-state index in [1.165, 1.54) is 65.7 Å². The molecule has 49 heavy (non-hydrogen) atoms. The Morgan fingerprint density at radius 3 is 1.43 bits per heavy atom. The molecule has 0 aliphatic rings. The maximum absolute atomic E-state index is 2.48. The Hall–Kier alpha value is -6.44. The fraction of sp³-hybridized carbons (Fsp3) is 0. The molecule has 1 nitrogen and oxygen atoms in total. The third kappa shape index (κ3) is 5.42. The second-order valence-electron chi connectivity index (χ2n) is 12.6. The van der Waals surface area contributed by atoms with Crippen LogP contribution in [0.15, 0.2) is 200 Å². The van der Waals surface area contributed by atoms with Gasteiger partial charge in [-0.1, -0.05) is 164 Å². The van der Waals surface area contributed by atoms with Crippen molar-refractivity contribution in [3.63, 3.8) is 0 Å². The zero-order valence-corrected chi connectivity index (χ0v) is 27.0. The molecule has 0 aliphatic carbocycles. The first-order valence-electron chi connectivity index (χ1n) is 16.8. The molecule has 0 aliphatic heterocycles. The van der Waals surface area contributed by atoms with Crippen molar-refractivity contribution in [1.82, 2.24) is 0 Å². The van der Waals surface area contributed by atoms with Crippen LogP contribution >= 0.6 is 0 Å². The predicted octanol–water partition coefficient (Wildman–Crippen LogP) is 13.6. The smallest absolute Gasteiger partial charge is 0.0618 e. The summed E-state index contributed by atoms with van der Waals surface area (Å²) in [7, 11) is 0. The average molecular weight is 624 g/mol. The van der Waals surface area contributed by atoms with Crippen LogP contribution in [0, 0.1) is 0 Å². The fourth-order valence-corrected chi connectivity index (χ4v) is 7.14. The predicted molar refractivity (Wildman–Crippen MR) is 210 cm³/mol. The van der Waals surface area contributed by atoms with Crippen LogP contribution in [0.25, 0.3) is 65.7 Å². The van der Waals surface area contributed by atoms with Gasteiger partial charge in [-0.05, 0) is 91.1 Å². The zero-order valence-electron chi connectivity index (χ0n) is 27.0. The van der Waals surface area contributed by atoms with Crippen LogP contribution in [0.1, 0.15) is 0 Å². The van der Waals surface area contributed by atoms with Crippen molar-refractivity contribution in [1.29, 1.82) is 0 Å². The van der Waals surface area contributed by atoms with Gasteiger partial charge >= 0.3 is 0 Å². The summed E-state index contributed by atoms with van der Waals surface area (Å²) in [6.07, 6.45) is 0. The highest BCUT2D eigenvalue weighted by Gasteiger charge is 2.22. The fourth-order valence-electron chi connectivity index (χ4n) is 7.14. The molecular weight excluding hydrogens is 591 g/mol. The van der Waals surface area contributed by atoms with Crippen molar-refractivity contribution >= 4 is 49.4 Å². The first-order chi connectivity index (χ1) is 24.3. The minimum Gasteiger partial charge on any atom is -0.309 e. The maximum atomic E-state index is 2.48. The maximum Gasteiger partial charge on any atom is 0.0618 e. The van der Waals surface area contributed by atoms with Gasteiger partial charge in [-0.2, -0.15) is 0 Å². The third-order valence-corrected chi connectivity index (χ3v) is 9.57. The van der Waals surface area contributed by atoms with Crippen LogP contribution < -0.4 is 4.90 Å². The number of anilines is 3. The molecule has 9 rings (SSSR count). The number of fused-ring (bicyclic) bond motifs is 3. The van der Waals surface area contributed by atoms with Crippen molar-refractivity contribution in [2.45, 2.75) is 0 Å². The lowest BCUT2D eigenvalue weighted by Gasteiger charge is -2.30. The minimum atomic E-state index is 1.11. The van der Waals surface area contributed by atoms with E-state index in [0.717, 1.165) is 17.1 Å². The molecule has 9 aromatic carbocycles. The van der Waals surface area contributed by atoms with Gasteiger partial charge in [-0.15, -0.1) is 0 Å². The average Bonchev–Trinajstić information content (AvgIpc) is 3.18. The van der Waals surface area contributed by atoms with Crippen molar-refractivity contribution in [3.8, 4) is 33.4 Å². The van der Waals surface area contributed by atoms with Gasteiger partial charge < -0.3 is 4.90 Å². The first kappa shape index (κ1) is 28.8. The van der Waals surface area contributed by atoms with Gasteiger partial charge in [0.1, 0.15) is 0 Å². The van der Waals surface area contributed by atoms with Gasteiger partial charge in [-0.3, -0.25) is 0 Å². The lowest BCUT2D eigenvalue weighted by Crippen LogP contribution is -2.12. The summed E-state index contributed by atoms with van der Waals surface area (Å²) in [5.41, 5.74) is 10.5. The van der Waals surface area contributed by atoms with Crippen molar-refractivity contribution in [3.05, 3.63) is 200 Å². The van der Waals surface area contributed by atoms with Gasteiger partial charge in [0.15, 0.2) is 0 Å². The van der Waals surface area contributed by atoms with Crippen LogP contribution in [0.2, 0.25) is 0 Å². The Kier molecular flexibility index (Phi) is 7.22. The quantitative estimate of drug-likeness (QED) is 0.178. The highest BCUT2D eigenvalue weighted by molar-refractivity contribution is 6.08. The second-order valence-corrected chi connectivity index (χ2v) is 12.6. The Morgan fingerprint density at radius 1 is 0.265 bits per heavy atom. The number of benzene rings is 9. The number of hydrogen-bond acceptors (Lipinski definition) is 1. The van der Waals surface area contributed by atoms with Gasteiger partial charge in [0.05, 0.1) is 5.69 Å². The zero-order chi connectivity index (χ0) is 32.6. The topological polar surface area (TPSA) is 3.24 Å². The number of nitrogens with zero attached hydrogens (tertiary/aromatic N) is 1. The Morgan fingerprint density at radius 2 is 0.776 bits per heavy atom. The molecule has 0 saturated carbocycles. The molecule has 0 aromatic heterocycles. The van der Waals surface area contributed by atoms with Crippen molar-refractivity contribution < 1.29 is 0 Å². The van der Waals surface area contributed by atoms with E-state index in [2.05, 4.69) is 205 Å². The molecule has 0 fully saturated rings. The lowest BCUT2D eigenvalue weighted by molar-refractivity contribution is 1.30. The molecule has 0 amide bonds. The lowest BCUT2D eigenvalue weighted by atomic mass is 9.93. The van der Waals surface area contributed by atoms with E-state index in [9.17, 15) is 0 Å². The molecule has 230 valence electrons. The summed E-state index contributed by atoms with van der Waals surface area (Å²) >= 11 is 0. The van der Waals surface area contributed by atoms with E-state index in [1.54, 1.807) is 0 Å². The summed E-state index contributed by atoms with van der Waals surface area (Å²) in [5, 5.41) is 7.31. The Bertz CT molecular complexity index is 2550. The van der Waals surface area contributed by atoms with Gasteiger partial charge in [-0.25, -0.2) is 0 Å². The molecule has 0 heterocycles. The van der Waals surface area contributed by atoms with Crippen LogP contribution in [-0.4, -0.2) is 0 Å². The molecule has 0 radical (unpaired) electrons. The largest absolute Gasteiger partial charge is 0.309 e. The monoisotopic (exact) mass is 623 g/mol. The standard InChI is InChI=1S/C48H33N/c1-3-13-34(14-4-1)42-30-43(35-15-5-2-6-16-35)33-45(32-42)49(44-27-25-37-18-8-10-21-40(37)31-44)48-46-22-12-11-19-38(46)26-28-47(48)41-24-23-36-17-7-9-20-39(36)29-41/h1-33H. The highest BCUT2D eigenvalue weighted by Crippen LogP contribution is 2.47. The van der Waals surface area contributed by atoms with Crippen LogP contribution in [0.3, 0.4) is 0 Å². The van der Waals surface area contributed by atoms with Crippen molar-refractivity contribution in [2.75, 3.05) is 4.90 Å². The molecule has 1 heteroatoms. The van der Waals surface area contributed by atoms with Crippen molar-refractivity contribution in [2.24, 2.45) is 0 Å². The summed E-state index contributed by atoms with van der Waals surface area (Å²) in [5.74, 6) is 0. The molecule has 0 N–H and O–H groups in total. The minimum absolute atomic E-state index is 1.11. The summed E-state index contributed by atoms with van der Waals surface area (Å²) in [4.78, 5) is 2.48. The SMILES string of the molecule is c1ccc(-c2cc(-c3ccccc3)cc(N(c3ccc4ccccc4c3)c3c(-c4ccc5ccccc5c4)ccc4ccccc34)c2)cc1. The van der Waals surface area contributed by atoms with Gasteiger partial charge in [0.2, 0.25) is 0 Å². The molecule has 0 unspecified atom stereocenters. The van der Waals surface area contributed by atoms with Crippen LogP contribution in [0.4, 0.5) is 17.1 Å². The van der Waals surface area contributed by atoms with Crippen LogP contribution in [-0.2, 0) is 0 Å². The van der Waals surface area contributed by atoms with E-state index in [0.29, 0.717) is 0 Å². The van der Waals surface area contributed by atoms with Gasteiger partial charge in [0.25, 0.3) is 0 Å². The van der Waals surface area contributed by atoms with E-state index >= 15 is 0 Å². The van der Waals surface area contributed by atoms with Gasteiger partial charge in [0, 0.05) is 22.3 Å². The highest BCUT2D eigenvalue weighted by atomic mass is 15.1. The van der Waals surface area contributed by atoms with Crippen LogP contribution in [0.5, 0.6) is 0 Å².